The summed E-state index contributed by atoms with van der Waals surface area (Å²) < 4.78 is 5.26. The van der Waals surface area contributed by atoms with E-state index in [1.54, 1.807) is 11.0 Å². The lowest BCUT2D eigenvalue weighted by atomic mass is 9.85. The molecule has 0 radical (unpaired) electrons. The van der Waals surface area contributed by atoms with Crippen LogP contribution in [0.2, 0.25) is 0 Å². The van der Waals surface area contributed by atoms with Crippen LogP contribution in [0.15, 0.2) is 42.6 Å². The summed E-state index contributed by atoms with van der Waals surface area (Å²) in [7, 11) is 0. The maximum absolute atomic E-state index is 13.1. The molecule has 1 fully saturated rings. The number of nitrogens with zero attached hydrogens (tertiary/aromatic N) is 2. The monoisotopic (exact) mass is 337 g/mol. The van der Waals surface area contributed by atoms with Gasteiger partial charge in [0.2, 0.25) is 5.88 Å². The van der Waals surface area contributed by atoms with Crippen LogP contribution in [0.4, 0.5) is 11.4 Å². The van der Waals surface area contributed by atoms with E-state index in [0.29, 0.717) is 29.6 Å². The Labute approximate surface area is 145 Å². The number of carbonyl (C=O) groups excluding carboxylic acids is 2. The first kappa shape index (κ1) is 15.6. The van der Waals surface area contributed by atoms with Crippen LogP contribution < -0.4 is 15.0 Å². The summed E-state index contributed by atoms with van der Waals surface area (Å²) in [6.07, 6.45) is 5.05. The fraction of sp³-hybridized carbons (Fsp3) is 0.316. The van der Waals surface area contributed by atoms with E-state index in [-0.39, 0.29) is 18.4 Å². The van der Waals surface area contributed by atoms with Crippen molar-refractivity contribution in [2.45, 2.75) is 19.3 Å². The van der Waals surface area contributed by atoms with E-state index in [0.717, 1.165) is 18.5 Å². The first-order valence-electron chi connectivity index (χ1n) is 8.50. The van der Waals surface area contributed by atoms with Crippen molar-refractivity contribution >= 4 is 23.2 Å². The summed E-state index contributed by atoms with van der Waals surface area (Å²) in [6, 6.07) is 11.3. The van der Waals surface area contributed by atoms with Gasteiger partial charge in [-0.05, 0) is 37.0 Å². The molecule has 0 bridgehead atoms. The van der Waals surface area contributed by atoms with Gasteiger partial charge in [0.25, 0.3) is 11.8 Å². The van der Waals surface area contributed by atoms with E-state index >= 15 is 0 Å². The lowest BCUT2D eigenvalue weighted by molar-refractivity contribution is -0.118. The van der Waals surface area contributed by atoms with E-state index in [2.05, 4.69) is 10.3 Å². The Morgan fingerprint density at radius 1 is 1.28 bits per heavy atom. The average molecular weight is 337 g/mol. The molecule has 2 aromatic rings. The Morgan fingerprint density at radius 3 is 2.80 bits per heavy atom. The van der Waals surface area contributed by atoms with Gasteiger partial charge in [0.05, 0.1) is 5.56 Å². The second-order valence-corrected chi connectivity index (χ2v) is 6.46. The molecule has 2 amide bonds. The predicted molar refractivity (Wildman–Crippen MR) is 93.8 cm³/mol. The smallest absolute Gasteiger partial charge is 0.262 e. The Bertz CT molecular complexity index is 803. The van der Waals surface area contributed by atoms with Crippen molar-refractivity contribution in [2.24, 2.45) is 5.92 Å². The summed E-state index contributed by atoms with van der Waals surface area (Å²) in [4.78, 5) is 30.6. The van der Waals surface area contributed by atoms with Crippen molar-refractivity contribution in [3.05, 3.63) is 48.2 Å². The maximum atomic E-state index is 13.1. The van der Waals surface area contributed by atoms with Gasteiger partial charge in [0, 0.05) is 18.4 Å². The molecule has 1 aliphatic carbocycles. The lowest BCUT2D eigenvalue weighted by Crippen LogP contribution is -2.37. The average Bonchev–Trinajstić information content (AvgIpc) is 2.60. The minimum atomic E-state index is -0.242. The second kappa shape index (κ2) is 6.55. The highest BCUT2D eigenvalue weighted by molar-refractivity contribution is 6.07. The van der Waals surface area contributed by atoms with Crippen LogP contribution >= 0.6 is 0 Å². The number of nitrogens with one attached hydrogen (secondary N) is 1. The summed E-state index contributed by atoms with van der Waals surface area (Å²) in [5, 5.41) is 2.70. The molecule has 1 aromatic heterocycles. The molecule has 4 rings (SSSR count). The van der Waals surface area contributed by atoms with Gasteiger partial charge in [-0.25, -0.2) is 4.98 Å². The van der Waals surface area contributed by atoms with Crippen LogP contribution in [0.5, 0.6) is 5.88 Å². The highest BCUT2D eigenvalue weighted by Gasteiger charge is 2.27. The van der Waals surface area contributed by atoms with Crippen molar-refractivity contribution in [1.82, 2.24) is 4.98 Å². The van der Waals surface area contributed by atoms with Gasteiger partial charge in [-0.1, -0.05) is 24.6 Å². The molecule has 0 spiro atoms. The molecule has 1 saturated carbocycles. The Morgan fingerprint density at radius 2 is 2.08 bits per heavy atom. The third-order valence-corrected chi connectivity index (χ3v) is 4.69. The quantitative estimate of drug-likeness (QED) is 0.931. The fourth-order valence-electron chi connectivity index (χ4n) is 3.10. The number of hydrogen-bond acceptors (Lipinski definition) is 4. The molecule has 2 aliphatic rings. The highest BCUT2D eigenvalue weighted by atomic mass is 16.5. The number of benzene rings is 1. The van der Waals surface area contributed by atoms with E-state index in [1.165, 1.54) is 12.6 Å². The van der Waals surface area contributed by atoms with Crippen molar-refractivity contribution in [1.29, 1.82) is 0 Å². The van der Waals surface area contributed by atoms with E-state index < -0.39 is 0 Å². The van der Waals surface area contributed by atoms with Gasteiger partial charge in [-0.2, -0.15) is 0 Å². The first-order valence-corrected chi connectivity index (χ1v) is 8.50. The summed E-state index contributed by atoms with van der Waals surface area (Å²) in [5.41, 5.74) is 1.75. The van der Waals surface area contributed by atoms with Crippen LogP contribution in [0.3, 0.4) is 0 Å². The molecule has 0 unspecified atom stereocenters. The van der Waals surface area contributed by atoms with Crippen molar-refractivity contribution in [3.8, 4) is 5.88 Å². The molecule has 1 aromatic carbocycles. The fourth-order valence-corrected chi connectivity index (χ4v) is 3.10. The van der Waals surface area contributed by atoms with Crippen LogP contribution in [0.25, 0.3) is 0 Å². The maximum Gasteiger partial charge on any atom is 0.262 e. The van der Waals surface area contributed by atoms with Crippen molar-refractivity contribution in [2.75, 3.05) is 23.4 Å². The molecule has 0 saturated heterocycles. The largest absolute Gasteiger partial charge is 0.466 e. The van der Waals surface area contributed by atoms with Gasteiger partial charge < -0.3 is 15.0 Å². The number of fused-ring (bicyclic) bond motifs is 1. The molecule has 2 heterocycles. The number of anilines is 2. The third-order valence-electron chi connectivity index (χ3n) is 4.69. The zero-order valence-corrected chi connectivity index (χ0v) is 13.8. The molecule has 128 valence electrons. The van der Waals surface area contributed by atoms with Gasteiger partial charge in [-0.3, -0.25) is 9.59 Å². The van der Waals surface area contributed by atoms with Gasteiger partial charge in [0.15, 0.2) is 6.61 Å². The molecular weight excluding hydrogens is 318 g/mol. The molecule has 6 nitrogen and oxygen atoms in total. The molecular formula is C19H19N3O3. The van der Waals surface area contributed by atoms with Gasteiger partial charge in [-0.15, -0.1) is 0 Å². The highest BCUT2D eigenvalue weighted by Crippen LogP contribution is 2.31. The van der Waals surface area contributed by atoms with Crippen LogP contribution in [0, 0.1) is 5.92 Å². The van der Waals surface area contributed by atoms with Crippen LogP contribution in [-0.2, 0) is 4.79 Å². The van der Waals surface area contributed by atoms with E-state index in [9.17, 15) is 9.59 Å². The van der Waals surface area contributed by atoms with Crippen molar-refractivity contribution in [3.63, 3.8) is 0 Å². The lowest BCUT2D eigenvalue weighted by Gasteiger charge is -2.32. The molecule has 1 aliphatic heterocycles. The Balaban J connectivity index is 1.63. The van der Waals surface area contributed by atoms with Gasteiger partial charge in [0.1, 0.15) is 5.69 Å². The minimum Gasteiger partial charge on any atom is -0.466 e. The van der Waals surface area contributed by atoms with Gasteiger partial charge >= 0.3 is 0 Å². The number of hydrogen-bond donors (Lipinski definition) is 1. The number of aromatic nitrogens is 1. The summed E-state index contributed by atoms with van der Waals surface area (Å²) in [5.74, 6) is 0.528. The number of carbonyl (C=O) groups is 2. The topological polar surface area (TPSA) is 71.5 Å². The molecule has 25 heavy (non-hydrogen) atoms. The SMILES string of the molecule is O=C1COc2ncc(C(=O)N(CC3CCC3)c3ccccc3)cc2N1. The zero-order chi connectivity index (χ0) is 17.2. The van der Waals surface area contributed by atoms with Crippen molar-refractivity contribution < 1.29 is 14.3 Å². The molecule has 0 atom stereocenters. The first-order chi connectivity index (χ1) is 12.2. The van der Waals surface area contributed by atoms with Crippen LogP contribution in [0.1, 0.15) is 29.6 Å². The minimum absolute atomic E-state index is 0.0505. The molecule has 1 N–H and O–H groups in total. The summed E-state index contributed by atoms with van der Waals surface area (Å²) in [6.45, 7) is 0.647. The summed E-state index contributed by atoms with van der Waals surface area (Å²) >= 11 is 0. The predicted octanol–water partition coefficient (Wildman–Crippen LogP) is 2.86. The number of ether oxygens (including phenoxy) is 1. The Kier molecular flexibility index (Phi) is 4.09. The number of rotatable bonds is 4. The number of pyridine rings is 1. The van der Waals surface area contributed by atoms with Crippen LogP contribution in [-0.4, -0.2) is 29.9 Å². The second-order valence-electron chi connectivity index (χ2n) is 6.46. The standard InChI is InChI=1S/C19H19N3O3/c23-17-12-25-18-16(21-17)9-14(10-20-18)19(24)22(11-13-5-4-6-13)15-7-2-1-3-8-15/h1-3,7-10,13H,4-6,11-12H2,(H,21,23). The van der Waals surface area contributed by atoms with E-state index in [1.807, 2.05) is 30.3 Å². The van der Waals surface area contributed by atoms with E-state index in [4.69, 9.17) is 4.74 Å². The third kappa shape index (κ3) is 3.20. The zero-order valence-electron chi connectivity index (χ0n) is 13.8. The number of para-hydroxylation sites is 1. The Hall–Kier alpha value is -2.89. The molecule has 6 heteroatoms. The number of amides is 2. The normalized spacial score (nSPS) is 16.2.